The summed E-state index contributed by atoms with van der Waals surface area (Å²) in [5.41, 5.74) is 3.61. The number of phenols is 1. The van der Waals surface area contributed by atoms with E-state index in [-0.39, 0.29) is 90.1 Å². The molecular weight excluding hydrogens is 1340 g/mol. The molecular formula is C68H67Cl2F2N10O13PS-2. The van der Waals surface area contributed by atoms with E-state index in [4.69, 9.17) is 51.1 Å². The third-order valence-corrected chi connectivity index (χ3v) is 18.5. The number of esters is 1. The van der Waals surface area contributed by atoms with Crippen LogP contribution in [0.4, 0.5) is 31.8 Å². The molecule has 9 aromatic rings. The van der Waals surface area contributed by atoms with E-state index in [1.807, 2.05) is 22.8 Å². The number of aromatic nitrogens is 6. The molecule has 0 radical (unpaired) electrons. The highest BCUT2D eigenvalue weighted by Gasteiger charge is 2.45. The molecule has 7 heterocycles. The summed E-state index contributed by atoms with van der Waals surface area (Å²) in [6.07, 6.45) is 12.8. The van der Waals surface area contributed by atoms with Crippen molar-refractivity contribution in [2.75, 3.05) is 32.0 Å². The number of ether oxygens (including phenoxy) is 5. The number of methoxy groups -OCH3 is 3. The number of piperidine rings is 2. The molecule has 23 nitrogen and oxygen atoms in total. The van der Waals surface area contributed by atoms with Gasteiger partial charge < -0.3 is 64.1 Å². The number of carbonyl (C=O) groups excluding carboxylic acids is 3. The normalized spacial score (nSPS) is 18.1. The van der Waals surface area contributed by atoms with E-state index in [1.165, 1.54) is 88.7 Å². The van der Waals surface area contributed by atoms with Crippen LogP contribution in [0.2, 0.25) is 10.0 Å². The number of aromatic hydroxyl groups is 1. The van der Waals surface area contributed by atoms with Crippen LogP contribution in [0.5, 0.6) is 34.5 Å². The Kier molecular flexibility index (Phi) is 23.3. The third kappa shape index (κ3) is 16.8. The molecule has 6 atom stereocenters. The quantitative estimate of drug-likeness (QED) is 0.0244. The number of nitrogens with one attached hydrogen (secondary N) is 3. The minimum atomic E-state index is -3.76. The van der Waals surface area contributed by atoms with Crippen molar-refractivity contribution >= 4 is 117 Å². The SMILES string of the molecule is C=CC(=O)N1[C@@H]2CC[C@H]1CC(OS(=O)(=O)c1ccc(C)cc1)C2.C=CC(=O)N1[C@@H]2CC[C@H]1CC(Oc1cc3c(Nc4ccc(F)c(Cl)c4)ncnc3cc1OC)C2.COc1cc2nc[nH]c(=O)c2cc1OC(C)=O.COc1cc2ncnc(Nc3ccc(F)c(Cl)c3)c2cc1O.[PH-2]. The number of aromatic amines is 1. The summed E-state index contributed by atoms with van der Waals surface area (Å²) in [6, 6.07) is 25.4. The summed E-state index contributed by atoms with van der Waals surface area (Å²) in [4.78, 5) is 74.1. The summed E-state index contributed by atoms with van der Waals surface area (Å²) in [6.45, 7) is 10.4. The van der Waals surface area contributed by atoms with Crippen LogP contribution in [0.3, 0.4) is 0 Å². The fourth-order valence-corrected chi connectivity index (χ4v) is 13.6. The summed E-state index contributed by atoms with van der Waals surface area (Å²) < 4.78 is 84.1. The van der Waals surface area contributed by atoms with E-state index >= 15 is 0 Å². The second-order valence-electron chi connectivity index (χ2n) is 22.7. The lowest BCUT2D eigenvalue weighted by Gasteiger charge is -2.38. The number of amides is 2. The molecule has 97 heavy (non-hydrogen) atoms. The van der Waals surface area contributed by atoms with Crippen LogP contribution < -0.4 is 39.9 Å². The Morgan fingerprint density at radius 1 is 0.619 bits per heavy atom. The molecule has 0 spiro atoms. The molecule has 3 aromatic heterocycles. The highest BCUT2D eigenvalue weighted by Crippen LogP contribution is 2.43. The molecule has 508 valence electrons. The first-order chi connectivity index (χ1) is 46.1. The van der Waals surface area contributed by atoms with Gasteiger partial charge in [0, 0.05) is 84.3 Å². The Morgan fingerprint density at radius 2 is 1.07 bits per heavy atom. The van der Waals surface area contributed by atoms with E-state index in [2.05, 4.69) is 53.7 Å². The lowest BCUT2D eigenvalue weighted by Crippen LogP contribution is -2.48. The Morgan fingerprint density at radius 3 is 1.55 bits per heavy atom. The van der Waals surface area contributed by atoms with Gasteiger partial charge in [-0.05, 0) is 124 Å². The first-order valence-corrected chi connectivity index (χ1v) is 32.3. The van der Waals surface area contributed by atoms with Crippen LogP contribution in [-0.2, 0) is 28.7 Å². The molecule has 0 aliphatic carbocycles. The number of halogens is 4. The smallest absolute Gasteiger partial charge is 0.308 e. The van der Waals surface area contributed by atoms with Crippen molar-refractivity contribution in [1.82, 2.24) is 39.7 Å². The number of carbonyl (C=O) groups is 3. The lowest BCUT2D eigenvalue weighted by molar-refractivity contribution is -0.132. The first kappa shape index (κ1) is 71.7. The van der Waals surface area contributed by atoms with Crippen molar-refractivity contribution < 1.29 is 64.6 Å². The summed E-state index contributed by atoms with van der Waals surface area (Å²) in [7, 11) is 0.730. The maximum Gasteiger partial charge on any atom is 0.308 e. The van der Waals surface area contributed by atoms with Gasteiger partial charge in [0.1, 0.15) is 42.0 Å². The van der Waals surface area contributed by atoms with E-state index < -0.39 is 27.7 Å². The topological polar surface area (TPSA) is 289 Å². The highest BCUT2D eigenvalue weighted by atomic mass is 35.5. The van der Waals surface area contributed by atoms with Gasteiger partial charge in [0.15, 0.2) is 34.5 Å². The van der Waals surface area contributed by atoms with E-state index in [9.17, 15) is 41.5 Å². The van der Waals surface area contributed by atoms with Crippen molar-refractivity contribution in [3.63, 3.8) is 0 Å². The largest absolute Gasteiger partial charge is 1.51 e. The number of phenolic OH excluding ortho intramolecular Hbond substituents is 1. The van der Waals surface area contributed by atoms with Crippen molar-refractivity contribution in [3.8, 4) is 34.5 Å². The van der Waals surface area contributed by atoms with Gasteiger partial charge in [0.2, 0.25) is 11.8 Å². The van der Waals surface area contributed by atoms with Gasteiger partial charge in [-0.1, -0.05) is 54.1 Å². The zero-order valence-electron chi connectivity index (χ0n) is 53.1. The van der Waals surface area contributed by atoms with E-state index in [1.54, 1.807) is 61.7 Å². The number of hydrogen-bond donors (Lipinski definition) is 4. The van der Waals surface area contributed by atoms with Crippen LogP contribution in [0.1, 0.15) is 63.9 Å². The molecule has 2 unspecified atom stereocenters. The number of fused-ring (bicyclic) bond motifs is 7. The maximum absolute atomic E-state index is 13.6. The van der Waals surface area contributed by atoms with Crippen molar-refractivity contribution in [2.24, 2.45) is 0 Å². The van der Waals surface area contributed by atoms with Crippen LogP contribution in [0, 0.1) is 18.6 Å². The molecule has 29 heteroatoms. The second kappa shape index (κ2) is 31.5. The number of anilines is 4. The maximum atomic E-state index is 13.6. The van der Waals surface area contributed by atoms with Gasteiger partial charge in [0.05, 0.1) is 70.6 Å². The number of rotatable bonds is 15. The predicted octanol–water partition coefficient (Wildman–Crippen LogP) is 13.0. The van der Waals surface area contributed by atoms with Gasteiger partial charge in [0.25, 0.3) is 15.7 Å². The molecule has 4 fully saturated rings. The van der Waals surface area contributed by atoms with Gasteiger partial charge in [-0.3, -0.25) is 23.4 Å². The molecule has 4 saturated heterocycles. The summed E-state index contributed by atoms with van der Waals surface area (Å²) in [5.74, 6) is 1.44. The Bertz CT molecular complexity index is 4590. The average Bonchev–Trinajstić information content (AvgIpc) is 1.77. The molecule has 4 bridgehead atoms. The zero-order valence-corrected chi connectivity index (χ0v) is 56.4. The summed E-state index contributed by atoms with van der Waals surface area (Å²) in [5, 5.41) is 17.8. The third-order valence-electron chi connectivity index (χ3n) is 16.5. The number of aryl methyl sites for hydroxylation is 1. The first-order valence-electron chi connectivity index (χ1n) is 30.2. The molecule has 4 aliphatic rings. The average molecular weight is 1400 g/mol. The number of nitrogens with zero attached hydrogens (tertiary/aromatic N) is 7. The minimum absolute atomic E-state index is 0. The van der Waals surface area contributed by atoms with Crippen LogP contribution in [-0.4, -0.2) is 129 Å². The number of hydrogen-bond acceptors (Lipinski definition) is 20. The highest BCUT2D eigenvalue weighted by molar-refractivity contribution is 7.86. The number of H-pyrrole nitrogens is 1. The molecule has 6 aromatic carbocycles. The molecule has 4 N–H and O–H groups in total. The predicted molar refractivity (Wildman–Crippen MR) is 366 cm³/mol. The Hall–Kier alpha value is -9.59. The second-order valence-corrected chi connectivity index (χ2v) is 25.1. The van der Waals surface area contributed by atoms with Gasteiger partial charge >= 0.3 is 5.97 Å². The van der Waals surface area contributed by atoms with Crippen molar-refractivity contribution in [3.05, 3.63) is 179 Å². The number of benzene rings is 6. The van der Waals surface area contributed by atoms with Gasteiger partial charge in [-0.15, -0.1) is 0 Å². The minimum Gasteiger partial charge on any atom is -1.51 e. The monoisotopic (exact) mass is 1400 g/mol. The van der Waals surface area contributed by atoms with Gasteiger partial charge in [-0.2, -0.15) is 8.42 Å². The molecule has 2 amide bonds. The van der Waals surface area contributed by atoms with Crippen molar-refractivity contribution in [1.29, 1.82) is 0 Å². The van der Waals surface area contributed by atoms with Crippen LogP contribution in [0.25, 0.3) is 32.7 Å². The lowest BCUT2D eigenvalue weighted by atomic mass is 9.99. The molecule has 4 aliphatic heterocycles. The standard InChI is InChI=1S/C25H24ClFN4O3.C17H21NO4S.C15H11ClFN3O2.C11H10N2O4.HP/c1-3-24(32)31-15-5-6-16(31)10-17(9-15)34-23-11-18-21(12-22(23)33-2)28-13-29-25(18)30-14-4-7-20(27)19(26)8-14;1-3-17(19)18-13-6-7-14(18)11-15(10-13)22-23(20,21)16-8-4-12(2)5-9-16;1-22-14-6-12-9(5-13(14)21)15(19-7-18-12)20-8-2-3-11(17)10(16)4-8;1-6(14)17-10-3-7-8(4-9(10)16-2)12-5-13-11(7)15;/h3-4,7-8,11-13,15-17H,1,5-6,9-10H2,2H3,(H,28,29,30);3-5,8-9,13-15H,1,6-7,10-11H2,2H3;2-7,21H,1H3,(H,18,19,20);3-5H,1-2H3,(H,12,13,15);1H/q;;;;-2/t15-,16+,17?;13-,14+,15?;;;. The Labute approximate surface area is 569 Å². The van der Waals surface area contributed by atoms with E-state index in [0.29, 0.717) is 86.2 Å². The van der Waals surface area contributed by atoms with Crippen LogP contribution in [0.15, 0.2) is 151 Å². The van der Waals surface area contributed by atoms with Gasteiger partial charge in [-0.25, -0.2) is 33.7 Å². The van der Waals surface area contributed by atoms with Crippen LogP contribution >= 0.6 is 33.1 Å². The molecule has 0 saturated carbocycles. The Balaban J connectivity index is 0.000000156. The van der Waals surface area contributed by atoms with Crippen molar-refractivity contribution in [2.45, 2.75) is 106 Å². The zero-order chi connectivity index (χ0) is 68.5. The summed E-state index contributed by atoms with van der Waals surface area (Å²) >= 11 is 11.7. The molecule has 13 rings (SSSR count). The fourth-order valence-electron chi connectivity index (χ4n) is 12.1. The fraction of sp³-hybridized carbons (Fsp3) is 0.279. The van der Waals surface area contributed by atoms with E-state index in [0.717, 1.165) is 49.5 Å².